The number of carbonyl (C=O) groups is 1. The second kappa shape index (κ2) is 7.71. The average Bonchev–Trinajstić information content (AvgIpc) is 3.21. The highest BCUT2D eigenvalue weighted by atomic mass is 35.5. The smallest absolute Gasteiger partial charge is 0.220 e. The van der Waals surface area contributed by atoms with Crippen LogP contribution in [0, 0.1) is 5.92 Å². The zero-order valence-corrected chi connectivity index (χ0v) is 14.7. The van der Waals surface area contributed by atoms with Crippen molar-refractivity contribution in [2.45, 2.75) is 19.3 Å². The molecule has 5 nitrogen and oxygen atoms in total. The molecule has 1 fully saturated rings. The minimum atomic E-state index is 0.115. The lowest BCUT2D eigenvalue weighted by molar-refractivity contribution is -0.121. The molecule has 3 rings (SSSR count). The van der Waals surface area contributed by atoms with Crippen LogP contribution in [0.2, 0.25) is 5.02 Å². The molecule has 1 amide bonds. The number of aromatic nitrogens is 2. The molecule has 24 heavy (non-hydrogen) atoms. The van der Waals surface area contributed by atoms with Crippen molar-refractivity contribution >= 4 is 23.2 Å². The van der Waals surface area contributed by atoms with Crippen LogP contribution in [-0.4, -0.2) is 35.3 Å². The maximum atomic E-state index is 12.0. The average molecular weight is 347 g/mol. The van der Waals surface area contributed by atoms with Crippen LogP contribution in [0.15, 0.2) is 36.7 Å². The molecular formula is C18H23ClN4O. The molecule has 0 saturated carbocycles. The third kappa shape index (κ3) is 4.51. The van der Waals surface area contributed by atoms with Crippen LogP contribution < -0.4 is 10.2 Å². The Morgan fingerprint density at radius 1 is 1.38 bits per heavy atom. The van der Waals surface area contributed by atoms with E-state index in [9.17, 15) is 4.79 Å². The van der Waals surface area contributed by atoms with Gasteiger partial charge in [-0.15, -0.1) is 0 Å². The number of hydrogen-bond acceptors (Lipinski definition) is 3. The van der Waals surface area contributed by atoms with E-state index in [1.165, 1.54) is 5.69 Å². The van der Waals surface area contributed by atoms with Crippen LogP contribution in [0.3, 0.4) is 0 Å². The third-order valence-electron chi connectivity index (χ3n) is 4.46. The molecule has 128 valence electrons. The number of rotatable bonds is 6. The molecule has 1 aliphatic heterocycles. The Labute approximate surface area is 147 Å². The SMILES string of the molecule is Cn1cc(CCC(=O)NC[C@@H]2CCN(c3ccc(Cl)cc3)C2)cn1. The summed E-state index contributed by atoms with van der Waals surface area (Å²) in [5, 5.41) is 7.95. The molecule has 0 unspecified atom stereocenters. The summed E-state index contributed by atoms with van der Waals surface area (Å²) in [6, 6.07) is 7.95. The predicted molar refractivity (Wildman–Crippen MR) is 96.3 cm³/mol. The van der Waals surface area contributed by atoms with E-state index in [2.05, 4.69) is 27.4 Å². The number of anilines is 1. The Morgan fingerprint density at radius 2 is 2.17 bits per heavy atom. The summed E-state index contributed by atoms with van der Waals surface area (Å²) < 4.78 is 1.76. The summed E-state index contributed by atoms with van der Waals surface area (Å²) in [5.74, 6) is 0.617. The lowest BCUT2D eigenvalue weighted by Crippen LogP contribution is -2.31. The minimum absolute atomic E-state index is 0.115. The standard InChI is InChI=1S/C18H23ClN4O/c1-22-12-14(11-21-22)2-7-18(24)20-10-15-8-9-23(13-15)17-5-3-16(19)4-6-17/h3-6,11-12,15H,2,7-10,13H2,1H3,(H,20,24)/t15-/m0/s1. The summed E-state index contributed by atoms with van der Waals surface area (Å²) in [6.07, 6.45) is 6.12. The van der Waals surface area contributed by atoms with Crippen LogP contribution in [0.5, 0.6) is 0 Å². The molecule has 0 aliphatic carbocycles. The number of halogens is 1. The first-order chi connectivity index (χ1) is 11.6. The van der Waals surface area contributed by atoms with Gasteiger partial charge < -0.3 is 10.2 Å². The first-order valence-electron chi connectivity index (χ1n) is 8.35. The largest absolute Gasteiger partial charge is 0.371 e. The van der Waals surface area contributed by atoms with Crippen LogP contribution in [-0.2, 0) is 18.3 Å². The lowest BCUT2D eigenvalue weighted by Gasteiger charge is -2.19. The zero-order valence-electron chi connectivity index (χ0n) is 13.9. The van der Waals surface area contributed by atoms with E-state index in [1.54, 1.807) is 4.68 Å². The molecule has 0 radical (unpaired) electrons. The van der Waals surface area contributed by atoms with E-state index in [0.29, 0.717) is 12.3 Å². The maximum Gasteiger partial charge on any atom is 0.220 e. The fourth-order valence-corrected chi connectivity index (χ4v) is 3.22. The van der Waals surface area contributed by atoms with Crippen molar-refractivity contribution in [1.82, 2.24) is 15.1 Å². The second-order valence-corrected chi connectivity index (χ2v) is 6.84. The summed E-state index contributed by atoms with van der Waals surface area (Å²) in [6.45, 7) is 2.75. The van der Waals surface area contributed by atoms with Crippen molar-refractivity contribution in [2.75, 3.05) is 24.5 Å². The fourth-order valence-electron chi connectivity index (χ4n) is 3.09. The first kappa shape index (κ1) is 16.8. The molecule has 2 heterocycles. The molecule has 1 aliphatic rings. The molecule has 1 atom stereocenters. The highest BCUT2D eigenvalue weighted by Crippen LogP contribution is 2.24. The van der Waals surface area contributed by atoms with E-state index < -0.39 is 0 Å². The summed E-state index contributed by atoms with van der Waals surface area (Å²) >= 11 is 5.94. The van der Waals surface area contributed by atoms with E-state index in [1.807, 2.05) is 31.6 Å². The lowest BCUT2D eigenvalue weighted by atomic mass is 10.1. The van der Waals surface area contributed by atoms with Gasteiger partial charge in [0.1, 0.15) is 0 Å². The monoisotopic (exact) mass is 346 g/mol. The van der Waals surface area contributed by atoms with Crippen molar-refractivity contribution in [3.05, 3.63) is 47.2 Å². The molecule has 0 spiro atoms. The molecule has 1 saturated heterocycles. The molecule has 1 aromatic carbocycles. The maximum absolute atomic E-state index is 12.0. The van der Waals surface area contributed by atoms with Crippen molar-refractivity contribution in [3.63, 3.8) is 0 Å². The van der Waals surface area contributed by atoms with E-state index >= 15 is 0 Å². The van der Waals surface area contributed by atoms with E-state index in [-0.39, 0.29) is 5.91 Å². The predicted octanol–water partition coefficient (Wildman–Crippen LogP) is 2.65. The number of nitrogens with zero attached hydrogens (tertiary/aromatic N) is 3. The number of carbonyl (C=O) groups excluding carboxylic acids is 1. The molecule has 2 aromatic rings. The molecule has 0 bridgehead atoms. The van der Waals surface area contributed by atoms with Crippen LogP contribution >= 0.6 is 11.6 Å². The summed E-state index contributed by atoms with van der Waals surface area (Å²) in [4.78, 5) is 14.4. The second-order valence-electron chi connectivity index (χ2n) is 6.40. The van der Waals surface area contributed by atoms with Gasteiger partial charge in [-0.2, -0.15) is 5.10 Å². The van der Waals surface area contributed by atoms with Crippen molar-refractivity contribution in [3.8, 4) is 0 Å². The zero-order chi connectivity index (χ0) is 16.9. The first-order valence-corrected chi connectivity index (χ1v) is 8.72. The van der Waals surface area contributed by atoms with Crippen molar-refractivity contribution in [2.24, 2.45) is 13.0 Å². The van der Waals surface area contributed by atoms with Crippen LogP contribution in [0.1, 0.15) is 18.4 Å². The Balaban J connectivity index is 1.39. The van der Waals surface area contributed by atoms with Gasteiger partial charge in [0.2, 0.25) is 5.91 Å². The Bertz CT molecular complexity index is 683. The molecular weight excluding hydrogens is 324 g/mol. The Kier molecular flexibility index (Phi) is 5.41. The molecule has 1 aromatic heterocycles. The molecule has 6 heteroatoms. The van der Waals surface area contributed by atoms with Crippen LogP contribution in [0.4, 0.5) is 5.69 Å². The number of nitrogens with one attached hydrogen (secondary N) is 1. The third-order valence-corrected chi connectivity index (χ3v) is 4.72. The van der Waals surface area contributed by atoms with Gasteiger partial charge in [0.15, 0.2) is 0 Å². The van der Waals surface area contributed by atoms with Gasteiger partial charge in [0.25, 0.3) is 0 Å². The number of aryl methyl sites for hydroxylation is 2. The van der Waals surface area contributed by atoms with Crippen molar-refractivity contribution in [1.29, 1.82) is 0 Å². The van der Waals surface area contributed by atoms with Gasteiger partial charge in [-0.1, -0.05) is 11.6 Å². The van der Waals surface area contributed by atoms with Gasteiger partial charge in [-0.05, 0) is 48.6 Å². The van der Waals surface area contributed by atoms with E-state index in [4.69, 9.17) is 11.6 Å². The summed E-state index contributed by atoms with van der Waals surface area (Å²) in [5.41, 5.74) is 2.30. The summed E-state index contributed by atoms with van der Waals surface area (Å²) in [7, 11) is 1.89. The quantitative estimate of drug-likeness (QED) is 0.874. The van der Waals surface area contributed by atoms with Gasteiger partial charge in [0.05, 0.1) is 6.20 Å². The van der Waals surface area contributed by atoms with E-state index in [0.717, 1.165) is 43.1 Å². The topological polar surface area (TPSA) is 50.2 Å². The van der Waals surface area contributed by atoms with Gasteiger partial charge in [-0.25, -0.2) is 0 Å². The van der Waals surface area contributed by atoms with Gasteiger partial charge in [-0.3, -0.25) is 9.48 Å². The number of benzene rings is 1. The normalized spacial score (nSPS) is 17.2. The number of hydrogen-bond donors (Lipinski definition) is 1. The van der Waals surface area contributed by atoms with Gasteiger partial charge in [0, 0.05) is 50.0 Å². The Hall–Kier alpha value is -2.01. The van der Waals surface area contributed by atoms with Crippen LogP contribution in [0.25, 0.3) is 0 Å². The fraction of sp³-hybridized carbons (Fsp3) is 0.444. The molecule has 1 N–H and O–H groups in total. The number of amides is 1. The minimum Gasteiger partial charge on any atom is -0.371 e. The Morgan fingerprint density at radius 3 is 2.88 bits per heavy atom. The highest BCUT2D eigenvalue weighted by molar-refractivity contribution is 6.30. The highest BCUT2D eigenvalue weighted by Gasteiger charge is 2.23. The van der Waals surface area contributed by atoms with Crippen molar-refractivity contribution < 1.29 is 4.79 Å². The van der Waals surface area contributed by atoms with Gasteiger partial charge >= 0.3 is 0 Å².